The first-order chi connectivity index (χ1) is 4.95. The molecule has 0 aliphatic carbocycles. The summed E-state index contributed by atoms with van der Waals surface area (Å²) in [4.78, 5) is 0. The van der Waals surface area contributed by atoms with Gasteiger partial charge in [0.05, 0.1) is 0 Å². The summed E-state index contributed by atoms with van der Waals surface area (Å²) >= 11 is 0.479. The van der Waals surface area contributed by atoms with Gasteiger partial charge in [-0.2, -0.15) is 0 Å². The van der Waals surface area contributed by atoms with Crippen LogP contribution in [-0.2, 0) is 3.53 Å². The minimum atomic E-state index is -1.79. The molecule has 0 aromatic rings. The van der Waals surface area contributed by atoms with Gasteiger partial charge in [0.1, 0.15) is 0 Å². The molecule has 0 aromatic heterocycles. The molecule has 0 atom stereocenters. The van der Waals surface area contributed by atoms with Crippen molar-refractivity contribution in [2.75, 3.05) is 0 Å². The number of nitrogens with two attached hydrogens (primary N) is 1. The average Bonchev–Trinajstić information content (AvgIpc) is 1.81. The predicted octanol–water partition coefficient (Wildman–Crippen LogP) is 2.06. The molecule has 0 saturated heterocycles. The summed E-state index contributed by atoms with van der Waals surface area (Å²) in [5.41, 5.74) is 0. The molecule has 4 heteroatoms. The molecule has 2 N–H and O–H groups in total. The maximum absolute atomic E-state index is 5.73. The van der Waals surface area contributed by atoms with E-state index in [1.165, 1.54) is 0 Å². The Hall–Kier alpha value is 1.29. The third-order valence-corrected chi connectivity index (χ3v) is 4.33. The Labute approximate surface area is 86.1 Å². The van der Waals surface area contributed by atoms with Crippen molar-refractivity contribution in [2.45, 2.75) is 33.8 Å². The van der Waals surface area contributed by atoms with Gasteiger partial charge in [-0.25, -0.2) is 0 Å². The Balaban J connectivity index is 3.90. The summed E-state index contributed by atoms with van der Waals surface area (Å²) in [6.45, 7) is 8.75. The SMILES string of the molecule is CC(C)C([O][Ga]([NH2])[I])C(C)C. The van der Waals surface area contributed by atoms with Crippen molar-refractivity contribution < 1.29 is 3.53 Å². The standard InChI is InChI=1S/C7H15O.Ga.HI.H2N/c1-5(2)7(8)6(3)4;;;/h5-7H,1-4H3;;1H;1H2/q-1;+3;;-1/p-1. The quantitative estimate of drug-likeness (QED) is 0.633. The second-order valence-electron chi connectivity index (χ2n) is 3.44. The van der Waals surface area contributed by atoms with Crippen LogP contribution in [0.2, 0.25) is 0 Å². The number of hydrogen-bond donors (Lipinski definition) is 1. The molecular weight excluding hydrogens is 311 g/mol. The molecule has 66 valence electrons. The molecule has 0 unspecified atom stereocenters. The van der Waals surface area contributed by atoms with Crippen molar-refractivity contribution in [3.63, 3.8) is 0 Å². The zero-order valence-corrected chi connectivity index (χ0v) is 12.3. The Morgan fingerprint density at radius 2 is 1.55 bits per heavy atom. The van der Waals surface area contributed by atoms with E-state index in [4.69, 9.17) is 7.97 Å². The molecule has 0 bridgehead atoms. The van der Waals surface area contributed by atoms with Crippen LogP contribution in [0.1, 0.15) is 27.7 Å². The van der Waals surface area contributed by atoms with Crippen LogP contribution in [0.3, 0.4) is 0 Å². The van der Waals surface area contributed by atoms with Crippen LogP contribution in [0.5, 0.6) is 0 Å². The fourth-order valence-electron chi connectivity index (χ4n) is 1.23. The Kier molecular flexibility index (Phi) is 6.54. The van der Waals surface area contributed by atoms with Crippen molar-refractivity contribution >= 4 is 32.9 Å². The van der Waals surface area contributed by atoms with E-state index < -0.39 is 13.3 Å². The second-order valence-corrected chi connectivity index (χ2v) is 11.9. The van der Waals surface area contributed by atoms with Crippen molar-refractivity contribution in [2.24, 2.45) is 16.3 Å². The van der Waals surface area contributed by atoms with Gasteiger partial charge in [0.15, 0.2) is 0 Å². The van der Waals surface area contributed by atoms with E-state index in [0.29, 0.717) is 17.9 Å². The van der Waals surface area contributed by atoms with Gasteiger partial charge in [0, 0.05) is 0 Å². The zero-order chi connectivity index (χ0) is 9.02. The molecule has 0 radical (unpaired) electrons. The fraction of sp³-hybridized carbons (Fsp3) is 1.00. The first-order valence-corrected chi connectivity index (χ1v) is 13.8. The monoisotopic (exact) mass is 327 g/mol. The average molecular weight is 328 g/mol. The van der Waals surface area contributed by atoms with Gasteiger partial charge in [-0.1, -0.05) is 0 Å². The van der Waals surface area contributed by atoms with Gasteiger partial charge in [-0.05, 0) is 0 Å². The molecule has 0 fully saturated rings. The van der Waals surface area contributed by atoms with E-state index in [1.807, 2.05) is 0 Å². The van der Waals surface area contributed by atoms with Gasteiger partial charge in [-0.15, -0.1) is 0 Å². The number of halogens is 1. The van der Waals surface area contributed by atoms with Gasteiger partial charge < -0.3 is 0 Å². The maximum atomic E-state index is 5.73. The molecule has 0 heterocycles. The van der Waals surface area contributed by atoms with E-state index in [2.05, 4.69) is 47.4 Å². The molecule has 2 nitrogen and oxygen atoms in total. The number of rotatable bonds is 4. The summed E-state index contributed by atoms with van der Waals surface area (Å²) in [5, 5.41) is 0. The summed E-state index contributed by atoms with van der Waals surface area (Å²) in [7, 11) is 0. The van der Waals surface area contributed by atoms with E-state index in [-0.39, 0.29) is 0 Å². The third kappa shape index (κ3) is 5.51. The Morgan fingerprint density at radius 3 is 1.64 bits per heavy atom. The molecule has 0 aliphatic rings. The second kappa shape index (κ2) is 5.85. The first-order valence-electron chi connectivity index (χ1n) is 4.00. The van der Waals surface area contributed by atoms with Crippen LogP contribution in [0, 0.1) is 11.8 Å². The summed E-state index contributed by atoms with van der Waals surface area (Å²) in [6.07, 6.45) is 0.363. The van der Waals surface area contributed by atoms with Crippen LogP contribution < -0.4 is 4.44 Å². The molecule has 0 aliphatic heterocycles. The molecule has 0 amide bonds. The third-order valence-electron chi connectivity index (χ3n) is 1.60. The predicted molar refractivity (Wildman–Crippen MR) is 58.5 cm³/mol. The fourth-order valence-corrected chi connectivity index (χ4v) is 4.94. The normalized spacial score (nSPS) is 11.7. The summed E-state index contributed by atoms with van der Waals surface area (Å²) < 4.78 is 11.4. The zero-order valence-electron chi connectivity index (χ0n) is 7.67. The van der Waals surface area contributed by atoms with E-state index in [9.17, 15) is 0 Å². The van der Waals surface area contributed by atoms with Crippen LogP contribution in [-0.4, -0.2) is 19.4 Å². The van der Waals surface area contributed by atoms with Crippen molar-refractivity contribution in [3.8, 4) is 0 Å². The molecule has 11 heavy (non-hydrogen) atoms. The minimum absolute atomic E-state index is 0.363. The summed E-state index contributed by atoms with van der Waals surface area (Å²) in [6, 6.07) is 0. The van der Waals surface area contributed by atoms with Crippen molar-refractivity contribution in [1.82, 2.24) is 0 Å². The Morgan fingerprint density at radius 1 is 1.18 bits per heavy atom. The Bertz CT molecular complexity index is 101. The van der Waals surface area contributed by atoms with Gasteiger partial charge >= 0.3 is 86.6 Å². The van der Waals surface area contributed by atoms with Crippen molar-refractivity contribution in [3.05, 3.63) is 0 Å². The van der Waals surface area contributed by atoms with Crippen LogP contribution in [0.4, 0.5) is 0 Å². The van der Waals surface area contributed by atoms with Crippen LogP contribution >= 0.6 is 19.7 Å². The van der Waals surface area contributed by atoms with E-state index in [1.54, 1.807) is 0 Å². The number of hydrogen-bond acceptors (Lipinski definition) is 2. The topological polar surface area (TPSA) is 35.2 Å². The van der Waals surface area contributed by atoms with Crippen molar-refractivity contribution in [1.29, 1.82) is 0 Å². The molecular formula is C7H17GaINO. The first kappa shape index (κ1) is 12.3. The molecule has 0 saturated carbocycles. The van der Waals surface area contributed by atoms with Gasteiger partial charge in [0.25, 0.3) is 0 Å². The van der Waals surface area contributed by atoms with Gasteiger partial charge in [0.2, 0.25) is 0 Å². The van der Waals surface area contributed by atoms with Gasteiger partial charge in [-0.3, -0.25) is 0 Å². The van der Waals surface area contributed by atoms with Crippen LogP contribution in [0.15, 0.2) is 0 Å². The van der Waals surface area contributed by atoms with E-state index >= 15 is 0 Å². The summed E-state index contributed by atoms with van der Waals surface area (Å²) in [5.74, 6) is 1.17. The van der Waals surface area contributed by atoms with Crippen LogP contribution in [0.25, 0.3) is 0 Å². The van der Waals surface area contributed by atoms with E-state index in [0.717, 1.165) is 0 Å². The molecule has 0 rings (SSSR count). The molecule has 0 aromatic carbocycles. The molecule has 0 spiro atoms.